The number of ether oxygens (including phenoxy) is 1. The number of benzene rings is 1. The van der Waals surface area contributed by atoms with Gasteiger partial charge in [-0.2, -0.15) is 0 Å². The molecule has 2 aromatic rings. The van der Waals surface area contributed by atoms with E-state index in [9.17, 15) is 9.59 Å². The first kappa shape index (κ1) is 16.5. The monoisotopic (exact) mass is 313 g/mol. The number of nitrogens with zero attached hydrogens (tertiary/aromatic N) is 2. The molecule has 2 N–H and O–H groups in total. The van der Waals surface area contributed by atoms with Crippen LogP contribution >= 0.6 is 0 Å². The van der Waals surface area contributed by atoms with Crippen molar-refractivity contribution in [1.29, 1.82) is 0 Å². The minimum atomic E-state index is -0.507. The lowest BCUT2D eigenvalue weighted by Gasteiger charge is -2.09. The van der Waals surface area contributed by atoms with Crippen LogP contribution in [-0.4, -0.2) is 29.0 Å². The number of carbonyl (C=O) groups excluding carboxylic acids is 2. The average molecular weight is 313 g/mol. The molecular formula is C17H19N3O3. The normalized spacial score (nSPS) is 11.5. The number of pyridine rings is 1. The van der Waals surface area contributed by atoms with Crippen LogP contribution in [0.5, 0.6) is 5.75 Å². The molecule has 0 fully saturated rings. The van der Waals surface area contributed by atoms with E-state index in [0.717, 1.165) is 0 Å². The molecule has 6 heteroatoms. The second-order valence-corrected chi connectivity index (χ2v) is 5.22. The highest BCUT2D eigenvalue weighted by atomic mass is 16.5. The number of carbonyl (C=O) groups is 2. The summed E-state index contributed by atoms with van der Waals surface area (Å²) in [6.07, 6.45) is 1.66. The van der Waals surface area contributed by atoms with Gasteiger partial charge in [0.15, 0.2) is 6.61 Å². The molecule has 0 unspecified atom stereocenters. The molecule has 1 heterocycles. The molecule has 1 aromatic carbocycles. The number of nitrogens with two attached hydrogens (primary N) is 1. The average Bonchev–Trinajstić information content (AvgIpc) is 2.53. The van der Waals surface area contributed by atoms with E-state index in [1.807, 2.05) is 19.9 Å². The lowest BCUT2D eigenvalue weighted by Crippen LogP contribution is -2.31. The topological polar surface area (TPSA) is 86.7 Å². The minimum absolute atomic E-state index is 0.0821. The van der Waals surface area contributed by atoms with Gasteiger partial charge in [-0.05, 0) is 50.2 Å². The highest BCUT2D eigenvalue weighted by molar-refractivity contribution is 5.92. The number of aromatic nitrogens is 1. The van der Waals surface area contributed by atoms with Crippen molar-refractivity contribution in [2.75, 3.05) is 6.61 Å². The molecule has 0 saturated heterocycles. The van der Waals surface area contributed by atoms with Gasteiger partial charge in [0.25, 0.3) is 5.91 Å². The molecule has 120 valence electrons. The molecule has 0 saturated carbocycles. The summed E-state index contributed by atoms with van der Waals surface area (Å²) in [7, 11) is 0. The van der Waals surface area contributed by atoms with E-state index < -0.39 is 5.91 Å². The number of hydrogen-bond acceptors (Lipinski definition) is 4. The maximum Gasteiger partial charge on any atom is 0.270 e. The zero-order chi connectivity index (χ0) is 16.8. The molecule has 23 heavy (non-hydrogen) atoms. The van der Waals surface area contributed by atoms with E-state index in [0.29, 0.717) is 16.8 Å². The van der Waals surface area contributed by atoms with Crippen LogP contribution in [0.15, 0.2) is 53.7 Å². The third-order valence-electron chi connectivity index (χ3n) is 3.00. The Bertz CT molecular complexity index is 761. The molecule has 0 aliphatic carbocycles. The fraction of sp³-hybridized carbons (Fsp3) is 0.235. The number of rotatable bonds is 5. The second-order valence-electron chi connectivity index (χ2n) is 5.22. The van der Waals surface area contributed by atoms with Crippen LogP contribution in [0, 0.1) is 0 Å². The van der Waals surface area contributed by atoms with E-state index in [-0.39, 0.29) is 18.6 Å². The summed E-state index contributed by atoms with van der Waals surface area (Å²) >= 11 is 0. The minimum Gasteiger partial charge on any atom is -0.484 e. The zero-order valence-electron chi connectivity index (χ0n) is 13.1. The summed E-state index contributed by atoms with van der Waals surface area (Å²) in [6, 6.07) is 11.8. The molecule has 0 spiro atoms. The molecule has 6 nitrogen and oxygen atoms in total. The van der Waals surface area contributed by atoms with Gasteiger partial charge >= 0.3 is 0 Å². The molecular weight excluding hydrogens is 294 g/mol. The SMILES string of the molecule is CC(C)N=c1ccccn1C(=O)COc1ccc(C(N)=O)cc1. The van der Waals surface area contributed by atoms with Crippen LogP contribution < -0.4 is 16.0 Å². The first-order valence-electron chi connectivity index (χ1n) is 7.25. The summed E-state index contributed by atoms with van der Waals surface area (Å²) < 4.78 is 6.91. The molecule has 0 aliphatic heterocycles. The Kier molecular flexibility index (Phi) is 5.30. The van der Waals surface area contributed by atoms with Gasteiger partial charge in [0.1, 0.15) is 11.2 Å². The largest absolute Gasteiger partial charge is 0.484 e. The molecule has 1 amide bonds. The van der Waals surface area contributed by atoms with Gasteiger partial charge in [0, 0.05) is 17.8 Å². The van der Waals surface area contributed by atoms with Crippen molar-refractivity contribution in [3.05, 3.63) is 59.7 Å². The maximum atomic E-state index is 12.3. The molecule has 1 aromatic heterocycles. The van der Waals surface area contributed by atoms with Crippen LogP contribution in [0.2, 0.25) is 0 Å². The van der Waals surface area contributed by atoms with E-state index in [1.54, 1.807) is 42.6 Å². The van der Waals surface area contributed by atoms with Gasteiger partial charge in [0.2, 0.25) is 5.91 Å². The standard InChI is InChI=1S/C17H19N3O3/c1-12(2)19-15-5-3-4-10-20(15)16(21)11-23-14-8-6-13(7-9-14)17(18)22/h3-10,12H,11H2,1-2H3,(H2,18,22). The summed E-state index contributed by atoms with van der Waals surface area (Å²) in [5, 5.41) is 0. The summed E-state index contributed by atoms with van der Waals surface area (Å²) in [4.78, 5) is 27.7. The fourth-order valence-corrected chi connectivity index (χ4v) is 1.94. The van der Waals surface area contributed by atoms with Crippen molar-refractivity contribution >= 4 is 11.8 Å². The van der Waals surface area contributed by atoms with Crippen LogP contribution in [-0.2, 0) is 0 Å². The second kappa shape index (κ2) is 7.40. The lowest BCUT2D eigenvalue weighted by molar-refractivity contribution is 0.0831. The third-order valence-corrected chi connectivity index (χ3v) is 3.00. The van der Waals surface area contributed by atoms with Gasteiger partial charge in [-0.15, -0.1) is 0 Å². The maximum absolute atomic E-state index is 12.3. The Morgan fingerprint density at radius 2 is 1.87 bits per heavy atom. The van der Waals surface area contributed by atoms with Crippen molar-refractivity contribution < 1.29 is 14.3 Å². The summed E-state index contributed by atoms with van der Waals surface area (Å²) in [5.41, 5.74) is 6.14. The van der Waals surface area contributed by atoms with Crippen LogP contribution in [0.25, 0.3) is 0 Å². The molecule has 2 rings (SSSR count). The smallest absolute Gasteiger partial charge is 0.270 e. The van der Waals surface area contributed by atoms with Gasteiger partial charge < -0.3 is 10.5 Å². The van der Waals surface area contributed by atoms with Crippen LogP contribution in [0.3, 0.4) is 0 Å². The van der Waals surface area contributed by atoms with Crippen molar-refractivity contribution in [1.82, 2.24) is 4.57 Å². The van der Waals surface area contributed by atoms with Gasteiger partial charge in [-0.1, -0.05) is 6.07 Å². The van der Waals surface area contributed by atoms with Crippen molar-refractivity contribution in [3.8, 4) is 5.75 Å². The third kappa shape index (κ3) is 4.54. The van der Waals surface area contributed by atoms with Gasteiger partial charge in [0.05, 0.1) is 0 Å². The summed E-state index contributed by atoms with van der Waals surface area (Å²) in [5.74, 6) is -0.251. The first-order chi connectivity index (χ1) is 11.0. The Balaban J connectivity index is 2.10. The van der Waals surface area contributed by atoms with E-state index in [4.69, 9.17) is 10.5 Å². The number of primary amides is 1. The Morgan fingerprint density at radius 3 is 2.48 bits per heavy atom. The first-order valence-corrected chi connectivity index (χ1v) is 7.25. The van der Waals surface area contributed by atoms with Crippen molar-refractivity contribution in [2.45, 2.75) is 19.9 Å². The summed E-state index contributed by atoms with van der Waals surface area (Å²) in [6.45, 7) is 3.75. The van der Waals surface area contributed by atoms with Crippen LogP contribution in [0.4, 0.5) is 0 Å². The zero-order valence-corrected chi connectivity index (χ0v) is 13.1. The van der Waals surface area contributed by atoms with E-state index in [1.165, 1.54) is 4.57 Å². The lowest BCUT2D eigenvalue weighted by atomic mass is 10.2. The predicted molar refractivity (Wildman–Crippen MR) is 86.2 cm³/mol. The van der Waals surface area contributed by atoms with E-state index >= 15 is 0 Å². The Labute approximate surface area is 134 Å². The highest BCUT2D eigenvalue weighted by Crippen LogP contribution is 2.11. The van der Waals surface area contributed by atoms with Crippen LogP contribution in [0.1, 0.15) is 29.0 Å². The number of hydrogen-bond donors (Lipinski definition) is 1. The van der Waals surface area contributed by atoms with Gasteiger partial charge in [-0.3, -0.25) is 19.1 Å². The fourth-order valence-electron chi connectivity index (χ4n) is 1.94. The van der Waals surface area contributed by atoms with E-state index in [2.05, 4.69) is 4.99 Å². The molecule has 0 radical (unpaired) electrons. The molecule has 0 aliphatic rings. The highest BCUT2D eigenvalue weighted by Gasteiger charge is 2.07. The van der Waals surface area contributed by atoms with Gasteiger partial charge in [-0.25, -0.2) is 0 Å². The number of amides is 1. The molecule has 0 bridgehead atoms. The predicted octanol–water partition coefficient (Wildman–Crippen LogP) is 1.62. The van der Waals surface area contributed by atoms with Crippen molar-refractivity contribution in [3.63, 3.8) is 0 Å². The Hall–Kier alpha value is -2.89. The quantitative estimate of drug-likeness (QED) is 0.910. The Morgan fingerprint density at radius 1 is 1.17 bits per heavy atom. The molecule has 0 atom stereocenters. The van der Waals surface area contributed by atoms with Crippen molar-refractivity contribution in [2.24, 2.45) is 10.7 Å².